The predicted molar refractivity (Wildman–Crippen MR) is 108 cm³/mol. The minimum absolute atomic E-state index is 0.283. The second-order valence-corrected chi connectivity index (χ2v) is 6.86. The average molecular weight is 401 g/mol. The molecule has 1 amide bonds. The summed E-state index contributed by atoms with van der Waals surface area (Å²) in [5.74, 6) is 0.00619. The van der Waals surface area contributed by atoms with E-state index in [2.05, 4.69) is 10.3 Å². The molecule has 0 radical (unpaired) electrons. The van der Waals surface area contributed by atoms with Crippen molar-refractivity contribution in [1.82, 2.24) is 10.3 Å². The first kappa shape index (κ1) is 19.9. The van der Waals surface area contributed by atoms with Crippen LogP contribution in [0.3, 0.4) is 0 Å². The highest BCUT2D eigenvalue weighted by Gasteiger charge is 2.18. The molecule has 1 N–H and O–H groups in total. The lowest BCUT2D eigenvalue weighted by Gasteiger charge is -2.16. The number of aromatic nitrogens is 1. The van der Waals surface area contributed by atoms with Crippen LogP contribution in [0.1, 0.15) is 31.4 Å². The number of carbonyl (C=O) groups is 1. The van der Waals surface area contributed by atoms with Crippen molar-refractivity contribution in [3.05, 3.63) is 69.3 Å². The smallest absolute Gasteiger partial charge is 0.336 e. The number of ether oxygens (including phenoxy) is 1. The van der Waals surface area contributed by atoms with Gasteiger partial charge in [0.2, 0.25) is 0 Å². The number of rotatable bonds is 7. The Morgan fingerprint density at radius 2 is 2.04 bits per heavy atom. The quantitative estimate of drug-likeness (QED) is 0.609. The van der Waals surface area contributed by atoms with Crippen molar-refractivity contribution >= 4 is 28.5 Å². The van der Waals surface area contributed by atoms with Gasteiger partial charge in [-0.25, -0.2) is 4.79 Å². The zero-order chi connectivity index (χ0) is 20.1. The lowest BCUT2D eigenvalue weighted by molar-refractivity contribution is -0.127. The summed E-state index contributed by atoms with van der Waals surface area (Å²) in [6.45, 7) is 4.04. The number of benzene rings is 1. The largest absolute Gasteiger partial charge is 0.479 e. The molecule has 1 aromatic carbocycles. The lowest BCUT2D eigenvalue weighted by Crippen LogP contribution is -2.35. The van der Waals surface area contributed by atoms with E-state index in [0.29, 0.717) is 17.2 Å². The molecule has 0 aliphatic carbocycles. The van der Waals surface area contributed by atoms with Crippen LogP contribution in [-0.2, 0) is 17.8 Å². The summed E-state index contributed by atoms with van der Waals surface area (Å²) < 4.78 is 11.0. The number of halogens is 1. The van der Waals surface area contributed by atoms with Crippen molar-refractivity contribution in [3.8, 4) is 5.75 Å². The Bertz CT molecular complexity index is 1030. The molecule has 2 aromatic heterocycles. The summed E-state index contributed by atoms with van der Waals surface area (Å²) in [5, 5.41) is 3.93. The van der Waals surface area contributed by atoms with Crippen LogP contribution in [0.5, 0.6) is 5.75 Å². The maximum Gasteiger partial charge on any atom is 0.336 e. The van der Waals surface area contributed by atoms with Gasteiger partial charge < -0.3 is 14.5 Å². The van der Waals surface area contributed by atoms with E-state index in [1.807, 2.05) is 19.1 Å². The SMILES string of the molecule is CCCc1cc(=O)oc2cc(O[C@H](C)C(=O)NCc3ccncc3)c(Cl)cc12. The molecule has 0 saturated heterocycles. The van der Waals surface area contributed by atoms with E-state index >= 15 is 0 Å². The van der Waals surface area contributed by atoms with Crippen LogP contribution in [0.15, 0.2) is 51.9 Å². The molecule has 0 spiro atoms. The number of pyridine rings is 1. The molecule has 146 valence electrons. The number of aryl methyl sites for hydroxylation is 1. The molecule has 0 unspecified atom stereocenters. The first-order valence-corrected chi connectivity index (χ1v) is 9.45. The van der Waals surface area contributed by atoms with E-state index in [9.17, 15) is 9.59 Å². The molecule has 0 aliphatic heterocycles. The van der Waals surface area contributed by atoms with Gasteiger partial charge >= 0.3 is 5.63 Å². The Morgan fingerprint density at radius 3 is 2.75 bits per heavy atom. The second kappa shape index (κ2) is 8.89. The van der Waals surface area contributed by atoms with Crippen LogP contribution < -0.4 is 15.7 Å². The Morgan fingerprint density at radius 1 is 1.29 bits per heavy atom. The Labute approximate surface area is 167 Å². The van der Waals surface area contributed by atoms with Gasteiger partial charge in [0.1, 0.15) is 11.3 Å². The predicted octanol–water partition coefficient (Wildman–Crippen LogP) is 3.88. The number of nitrogens with one attached hydrogen (secondary N) is 1. The van der Waals surface area contributed by atoms with Gasteiger partial charge in [-0.05, 0) is 42.7 Å². The van der Waals surface area contributed by atoms with E-state index in [4.69, 9.17) is 20.8 Å². The van der Waals surface area contributed by atoms with E-state index in [0.717, 1.165) is 29.4 Å². The Balaban J connectivity index is 1.76. The maximum absolute atomic E-state index is 12.3. The normalized spacial score (nSPS) is 12.0. The van der Waals surface area contributed by atoms with Gasteiger partial charge in [0.05, 0.1) is 5.02 Å². The highest BCUT2D eigenvalue weighted by molar-refractivity contribution is 6.32. The second-order valence-electron chi connectivity index (χ2n) is 6.45. The molecule has 3 rings (SSSR count). The molecule has 6 nitrogen and oxygen atoms in total. The highest BCUT2D eigenvalue weighted by atomic mass is 35.5. The van der Waals surface area contributed by atoms with Crippen molar-refractivity contribution in [2.24, 2.45) is 0 Å². The van der Waals surface area contributed by atoms with Crippen LogP contribution in [0.2, 0.25) is 5.02 Å². The zero-order valence-electron chi connectivity index (χ0n) is 15.7. The third-order valence-electron chi connectivity index (χ3n) is 4.29. The van der Waals surface area contributed by atoms with Crippen molar-refractivity contribution in [1.29, 1.82) is 0 Å². The number of nitrogens with zero attached hydrogens (tertiary/aromatic N) is 1. The molecule has 7 heteroatoms. The number of hydrogen-bond acceptors (Lipinski definition) is 5. The first-order valence-electron chi connectivity index (χ1n) is 9.07. The zero-order valence-corrected chi connectivity index (χ0v) is 16.5. The molecule has 1 atom stereocenters. The lowest BCUT2D eigenvalue weighted by atomic mass is 10.1. The summed E-state index contributed by atoms with van der Waals surface area (Å²) in [4.78, 5) is 28.1. The molecular formula is C21H21ClN2O4. The number of amides is 1. The highest BCUT2D eigenvalue weighted by Crippen LogP contribution is 2.32. The minimum Gasteiger partial charge on any atom is -0.479 e. The molecule has 0 aliphatic rings. The van der Waals surface area contributed by atoms with Crippen molar-refractivity contribution in [2.75, 3.05) is 0 Å². The fraction of sp³-hybridized carbons (Fsp3) is 0.286. The summed E-state index contributed by atoms with van der Waals surface area (Å²) in [6.07, 6.45) is 4.19. The van der Waals surface area contributed by atoms with Gasteiger partial charge in [-0.1, -0.05) is 24.9 Å². The molecule has 2 heterocycles. The van der Waals surface area contributed by atoms with E-state index in [1.165, 1.54) is 6.07 Å². The molecule has 28 heavy (non-hydrogen) atoms. The Hall–Kier alpha value is -2.86. The topological polar surface area (TPSA) is 81.4 Å². The third-order valence-corrected chi connectivity index (χ3v) is 4.59. The fourth-order valence-corrected chi connectivity index (χ4v) is 3.08. The summed E-state index contributed by atoms with van der Waals surface area (Å²) in [5.41, 5.74) is 1.78. The van der Waals surface area contributed by atoms with Gasteiger partial charge in [-0.2, -0.15) is 0 Å². The number of hydrogen-bond donors (Lipinski definition) is 1. The summed E-state index contributed by atoms with van der Waals surface area (Å²) >= 11 is 6.35. The maximum atomic E-state index is 12.3. The van der Waals surface area contributed by atoms with Crippen molar-refractivity contribution < 1.29 is 13.9 Å². The van der Waals surface area contributed by atoms with Crippen LogP contribution in [0.4, 0.5) is 0 Å². The molecule has 0 fully saturated rings. The summed E-state index contributed by atoms with van der Waals surface area (Å²) in [7, 11) is 0. The van der Waals surface area contributed by atoms with Crippen LogP contribution in [-0.4, -0.2) is 17.0 Å². The van der Waals surface area contributed by atoms with E-state index < -0.39 is 11.7 Å². The average Bonchev–Trinajstić information content (AvgIpc) is 2.68. The van der Waals surface area contributed by atoms with E-state index in [-0.39, 0.29) is 11.7 Å². The van der Waals surface area contributed by atoms with Crippen molar-refractivity contribution in [3.63, 3.8) is 0 Å². The summed E-state index contributed by atoms with van der Waals surface area (Å²) in [6, 6.07) is 8.40. The standard InChI is InChI=1S/C21H21ClN2O4/c1-3-4-15-9-20(25)28-18-11-19(17(22)10-16(15)18)27-13(2)21(26)24-12-14-5-7-23-8-6-14/h5-11,13H,3-4,12H2,1-2H3,(H,24,26)/t13-/m1/s1. The van der Waals surface area contributed by atoms with E-state index in [1.54, 1.807) is 31.5 Å². The first-order chi connectivity index (χ1) is 13.5. The van der Waals surface area contributed by atoms with Crippen molar-refractivity contribution in [2.45, 2.75) is 39.3 Å². The molecule has 3 aromatic rings. The van der Waals surface area contributed by atoms with Gasteiger partial charge in [-0.3, -0.25) is 9.78 Å². The van der Waals surface area contributed by atoms with Gasteiger partial charge in [0, 0.05) is 36.5 Å². The monoisotopic (exact) mass is 400 g/mol. The van der Waals surface area contributed by atoms with Crippen LogP contribution >= 0.6 is 11.6 Å². The van der Waals surface area contributed by atoms with Gasteiger partial charge in [0.15, 0.2) is 6.10 Å². The fourth-order valence-electron chi connectivity index (χ4n) is 2.87. The molecular weight excluding hydrogens is 380 g/mol. The molecule has 0 saturated carbocycles. The minimum atomic E-state index is -0.776. The Kier molecular flexibility index (Phi) is 6.31. The molecule has 0 bridgehead atoms. The van der Waals surface area contributed by atoms with Gasteiger partial charge in [0.25, 0.3) is 5.91 Å². The van der Waals surface area contributed by atoms with Crippen LogP contribution in [0.25, 0.3) is 11.0 Å². The van der Waals surface area contributed by atoms with Crippen LogP contribution in [0, 0.1) is 0 Å². The third kappa shape index (κ3) is 4.70. The number of fused-ring (bicyclic) bond motifs is 1. The van der Waals surface area contributed by atoms with Gasteiger partial charge in [-0.15, -0.1) is 0 Å². The number of carbonyl (C=O) groups excluding carboxylic acids is 1.